The van der Waals surface area contributed by atoms with E-state index in [9.17, 15) is 0 Å². The summed E-state index contributed by atoms with van der Waals surface area (Å²) in [5, 5.41) is 3.52. The Kier molecular flexibility index (Phi) is 3.43. The van der Waals surface area contributed by atoms with Gasteiger partial charge in [-0.3, -0.25) is 0 Å². The Morgan fingerprint density at radius 2 is 1.74 bits per heavy atom. The maximum absolute atomic E-state index is 5.47. The van der Waals surface area contributed by atoms with E-state index in [2.05, 4.69) is 55.3 Å². The quantitative estimate of drug-likeness (QED) is 0.562. The SMILES string of the molecule is CCCc1nc(NN)cc(NC2C(C)(C)C2(C)C)n1. The normalized spacial score (nSPS) is 20.1. The van der Waals surface area contributed by atoms with Crippen LogP contribution >= 0.6 is 0 Å². The summed E-state index contributed by atoms with van der Waals surface area (Å²) in [5.41, 5.74) is 3.16. The molecule has 0 radical (unpaired) electrons. The minimum atomic E-state index is 0.277. The third-order valence-corrected chi connectivity index (χ3v) is 4.71. The second-order valence-corrected chi connectivity index (χ2v) is 6.47. The van der Waals surface area contributed by atoms with Crippen molar-refractivity contribution in [3.8, 4) is 0 Å². The van der Waals surface area contributed by atoms with Gasteiger partial charge in [-0.1, -0.05) is 34.6 Å². The van der Waals surface area contributed by atoms with Gasteiger partial charge in [0.25, 0.3) is 0 Å². The van der Waals surface area contributed by atoms with Crippen molar-refractivity contribution in [1.82, 2.24) is 9.97 Å². The van der Waals surface area contributed by atoms with Crippen molar-refractivity contribution in [2.75, 3.05) is 10.7 Å². The lowest BCUT2D eigenvalue weighted by atomic mass is 10.0. The zero-order valence-corrected chi connectivity index (χ0v) is 12.5. The van der Waals surface area contributed by atoms with Crippen molar-refractivity contribution in [1.29, 1.82) is 0 Å². The molecule has 0 aliphatic heterocycles. The number of aromatic nitrogens is 2. The minimum Gasteiger partial charge on any atom is -0.366 e. The third-order valence-electron chi connectivity index (χ3n) is 4.71. The Bertz CT molecular complexity index is 453. The summed E-state index contributed by atoms with van der Waals surface area (Å²) in [5.74, 6) is 7.82. The van der Waals surface area contributed by atoms with Gasteiger partial charge in [0.2, 0.25) is 0 Å². The highest BCUT2D eigenvalue weighted by Crippen LogP contribution is 2.63. The standard InChI is InChI=1S/C14H25N5/c1-6-7-9-16-10(8-11(17-9)19-15)18-12-13(2,3)14(12,4)5/h8,12H,6-7,15H2,1-5H3,(H2,16,17,18,19). The summed E-state index contributed by atoms with van der Waals surface area (Å²) in [4.78, 5) is 8.92. The number of hydrogen-bond acceptors (Lipinski definition) is 5. The number of rotatable bonds is 5. The van der Waals surface area contributed by atoms with Crippen molar-refractivity contribution >= 4 is 11.6 Å². The number of aryl methyl sites for hydroxylation is 1. The van der Waals surface area contributed by atoms with Gasteiger partial charge < -0.3 is 10.7 Å². The molecule has 0 spiro atoms. The molecule has 0 unspecified atom stereocenters. The molecule has 4 N–H and O–H groups in total. The molecule has 1 saturated carbocycles. The predicted octanol–water partition coefficient (Wildman–Crippen LogP) is 2.56. The van der Waals surface area contributed by atoms with Gasteiger partial charge in [0.15, 0.2) is 0 Å². The Morgan fingerprint density at radius 1 is 1.16 bits per heavy atom. The molecule has 1 aromatic rings. The number of anilines is 2. The summed E-state index contributed by atoms with van der Waals surface area (Å²) in [6.45, 7) is 11.2. The number of nitrogens with two attached hydrogens (primary N) is 1. The Hall–Kier alpha value is -1.36. The van der Waals surface area contributed by atoms with Gasteiger partial charge in [0.05, 0.1) is 0 Å². The van der Waals surface area contributed by atoms with Crippen molar-refractivity contribution in [2.24, 2.45) is 16.7 Å². The van der Waals surface area contributed by atoms with E-state index in [4.69, 9.17) is 5.84 Å². The molecule has 1 aliphatic carbocycles. The Morgan fingerprint density at radius 3 is 2.21 bits per heavy atom. The number of nitrogens with zero attached hydrogens (tertiary/aromatic N) is 2. The fourth-order valence-corrected chi connectivity index (χ4v) is 2.69. The van der Waals surface area contributed by atoms with Crippen molar-refractivity contribution < 1.29 is 0 Å². The lowest BCUT2D eigenvalue weighted by molar-refractivity contribution is 0.457. The predicted molar refractivity (Wildman–Crippen MR) is 78.8 cm³/mol. The largest absolute Gasteiger partial charge is 0.366 e. The molecule has 0 bridgehead atoms. The second kappa shape index (κ2) is 4.63. The molecule has 1 aliphatic rings. The van der Waals surface area contributed by atoms with Crippen LogP contribution in [0, 0.1) is 10.8 Å². The number of hydrazine groups is 1. The molecule has 1 heterocycles. The molecule has 0 saturated heterocycles. The average Bonchev–Trinajstić information content (AvgIpc) is 2.72. The number of nitrogen functional groups attached to an aromatic ring is 1. The fraction of sp³-hybridized carbons (Fsp3) is 0.714. The van der Waals surface area contributed by atoms with E-state index in [-0.39, 0.29) is 10.8 Å². The van der Waals surface area contributed by atoms with Crippen LogP contribution in [0.3, 0.4) is 0 Å². The van der Waals surface area contributed by atoms with Crippen LogP contribution in [-0.4, -0.2) is 16.0 Å². The molecule has 5 heteroatoms. The minimum absolute atomic E-state index is 0.277. The molecular formula is C14H25N5. The molecule has 0 amide bonds. The lowest BCUT2D eigenvalue weighted by Crippen LogP contribution is -2.15. The van der Waals surface area contributed by atoms with E-state index in [0.29, 0.717) is 11.9 Å². The Labute approximate surface area is 115 Å². The summed E-state index contributed by atoms with van der Waals surface area (Å²) in [6.07, 6.45) is 1.88. The highest BCUT2D eigenvalue weighted by molar-refractivity contribution is 5.50. The monoisotopic (exact) mass is 263 g/mol. The molecule has 1 aromatic heterocycles. The summed E-state index contributed by atoms with van der Waals surface area (Å²) in [6, 6.07) is 2.29. The van der Waals surface area contributed by atoms with Crippen LogP contribution < -0.4 is 16.6 Å². The highest BCUT2D eigenvalue weighted by Gasteiger charge is 2.65. The van der Waals surface area contributed by atoms with Crippen LogP contribution in [0.2, 0.25) is 0 Å². The van der Waals surface area contributed by atoms with Crippen LogP contribution in [0.4, 0.5) is 11.6 Å². The van der Waals surface area contributed by atoms with Gasteiger partial charge in [0, 0.05) is 18.5 Å². The van der Waals surface area contributed by atoms with E-state index in [1.54, 1.807) is 0 Å². The van der Waals surface area contributed by atoms with Crippen molar-refractivity contribution in [3.05, 3.63) is 11.9 Å². The van der Waals surface area contributed by atoms with Crippen LogP contribution in [0.15, 0.2) is 6.07 Å². The molecule has 19 heavy (non-hydrogen) atoms. The van der Waals surface area contributed by atoms with Crippen LogP contribution in [0.5, 0.6) is 0 Å². The molecule has 2 rings (SSSR count). The summed E-state index contributed by atoms with van der Waals surface area (Å²) in [7, 11) is 0. The van der Waals surface area contributed by atoms with Crippen molar-refractivity contribution in [2.45, 2.75) is 53.5 Å². The van der Waals surface area contributed by atoms with Crippen LogP contribution in [0.25, 0.3) is 0 Å². The van der Waals surface area contributed by atoms with Gasteiger partial charge in [0.1, 0.15) is 17.5 Å². The molecule has 0 aromatic carbocycles. The van der Waals surface area contributed by atoms with Gasteiger partial charge in [-0.2, -0.15) is 0 Å². The van der Waals surface area contributed by atoms with Gasteiger partial charge in [-0.15, -0.1) is 0 Å². The van der Waals surface area contributed by atoms with E-state index in [0.717, 1.165) is 24.5 Å². The molecule has 0 atom stereocenters. The average molecular weight is 263 g/mol. The number of nitrogens with one attached hydrogen (secondary N) is 2. The van der Waals surface area contributed by atoms with Crippen LogP contribution in [0.1, 0.15) is 46.9 Å². The highest BCUT2D eigenvalue weighted by atomic mass is 15.3. The summed E-state index contributed by atoms with van der Waals surface area (Å²) < 4.78 is 0. The van der Waals surface area contributed by atoms with E-state index in [1.807, 2.05) is 6.07 Å². The smallest absolute Gasteiger partial charge is 0.145 e. The van der Waals surface area contributed by atoms with E-state index >= 15 is 0 Å². The third kappa shape index (κ3) is 2.39. The molecule has 106 valence electrons. The summed E-state index contributed by atoms with van der Waals surface area (Å²) >= 11 is 0. The van der Waals surface area contributed by atoms with Crippen molar-refractivity contribution in [3.63, 3.8) is 0 Å². The second-order valence-electron chi connectivity index (χ2n) is 6.47. The van der Waals surface area contributed by atoms with Gasteiger partial charge in [-0.05, 0) is 17.3 Å². The Balaban J connectivity index is 2.19. The lowest BCUT2D eigenvalue weighted by Gasteiger charge is -2.10. The van der Waals surface area contributed by atoms with E-state index < -0.39 is 0 Å². The fourth-order valence-electron chi connectivity index (χ4n) is 2.69. The topological polar surface area (TPSA) is 75.9 Å². The zero-order valence-electron chi connectivity index (χ0n) is 12.5. The molecule has 5 nitrogen and oxygen atoms in total. The number of hydrogen-bond donors (Lipinski definition) is 3. The first-order valence-corrected chi connectivity index (χ1v) is 6.94. The van der Waals surface area contributed by atoms with Crippen LogP contribution in [-0.2, 0) is 6.42 Å². The first kappa shape index (κ1) is 14.1. The molecule has 1 fully saturated rings. The zero-order chi connectivity index (χ0) is 14.3. The first-order chi connectivity index (χ1) is 8.82. The van der Waals surface area contributed by atoms with Gasteiger partial charge >= 0.3 is 0 Å². The maximum atomic E-state index is 5.47. The molecular weight excluding hydrogens is 238 g/mol. The van der Waals surface area contributed by atoms with Gasteiger partial charge in [-0.25, -0.2) is 15.8 Å². The van der Waals surface area contributed by atoms with E-state index in [1.165, 1.54) is 0 Å². The first-order valence-electron chi connectivity index (χ1n) is 6.94. The maximum Gasteiger partial charge on any atom is 0.145 e.